The van der Waals surface area contributed by atoms with Crippen molar-refractivity contribution in [3.05, 3.63) is 41.9 Å². The summed E-state index contributed by atoms with van der Waals surface area (Å²) in [6.07, 6.45) is 6.55. The molecule has 1 aromatic rings. The van der Waals surface area contributed by atoms with Gasteiger partial charge in [0.2, 0.25) is 0 Å². The SMILES string of the molecule is C=C/C=C\c1cc(CC)c(C)o1. The summed E-state index contributed by atoms with van der Waals surface area (Å²) in [5, 5.41) is 0. The number of hydrogen-bond donors (Lipinski definition) is 0. The minimum atomic E-state index is 0.907. The van der Waals surface area contributed by atoms with E-state index in [-0.39, 0.29) is 0 Å². The van der Waals surface area contributed by atoms with Gasteiger partial charge in [0.1, 0.15) is 11.5 Å². The van der Waals surface area contributed by atoms with Gasteiger partial charge in [0.15, 0.2) is 0 Å². The van der Waals surface area contributed by atoms with Gasteiger partial charge in [0.05, 0.1) is 0 Å². The van der Waals surface area contributed by atoms with E-state index in [1.165, 1.54) is 5.56 Å². The van der Waals surface area contributed by atoms with E-state index >= 15 is 0 Å². The highest BCUT2D eigenvalue weighted by molar-refractivity contribution is 5.47. The Bertz CT molecular complexity index is 292. The molecule has 0 bridgehead atoms. The highest BCUT2D eigenvalue weighted by Gasteiger charge is 2.01. The average molecular weight is 162 g/mol. The van der Waals surface area contributed by atoms with Crippen LogP contribution in [0.1, 0.15) is 24.0 Å². The Balaban J connectivity index is 2.88. The number of hydrogen-bond acceptors (Lipinski definition) is 1. The molecule has 0 aliphatic heterocycles. The fourth-order valence-corrected chi connectivity index (χ4v) is 1.14. The summed E-state index contributed by atoms with van der Waals surface area (Å²) in [6, 6.07) is 2.06. The van der Waals surface area contributed by atoms with Crippen LogP contribution in [0.4, 0.5) is 0 Å². The monoisotopic (exact) mass is 162 g/mol. The maximum absolute atomic E-state index is 5.47. The van der Waals surface area contributed by atoms with Crippen molar-refractivity contribution in [1.82, 2.24) is 0 Å². The van der Waals surface area contributed by atoms with Crippen molar-refractivity contribution in [3.63, 3.8) is 0 Å². The summed E-state index contributed by atoms with van der Waals surface area (Å²) in [7, 11) is 0. The highest BCUT2D eigenvalue weighted by Crippen LogP contribution is 2.15. The minimum absolute atomic E-state index is 0.907. The van der Waals surface area contributed by atoms with Crippen molar-refractivity contribution in [3.8, 4) is 0 Å². The van der Waals surface area contributed by atoms with E-state index in [1.807, 2.05) is 19.1 Å². The lowest BCUT2D eigenvalue weighted by molar-refractivity contribution is 0.521. The van der Waals surface area contributed by atoms with E-state index in [9.17, 15) is 0 Å². The molecular formula is C11H14O. The lowest BCUT2D eigenvalue weighted by atomic mass is 10.2. The van der Waals surface area contributed by atoms with Crippen LogP contribution in [0.3, 0.4) is 0 Å². The second kappa shape index (κ2) is 3.96. The molecule has 1 nitrogen and oxygen atoms in total. The zero-order valence-electron chi connectivity index (χ0n) is 7.63. The lowest BCUT2D eigenvalue weighted by Gasteiger charge is -1.86. The van der Waals surface area contributed by atoms with Gasteiger partial charge in [-0.2, -0.15) is 0 Å². The van der Waals surface area contributed by atoms with Crippen LogP contribution in [0.15, 0.2) is 29.2 Å². The molecule has 1 aromatic heterocycles. The van der Waals surface area contributed by atoms with Gasteiger partial charge in [-0.15, -0.1) is 0 Å². The first kappa shape index (κ1) is 8.85. The Morgan fingerprint density at radius 1 is 1.58 bits per heavy atom. The van der Waals surface area contributed by atoms with Gasteiger partial charge in [-0.05, 0) is 31.1 Å². The van der Waals surface area contributed by atoms with Gasteiger partial charge < -0.3 is 4.42 Å². The van der Waals surface area contributed by atoms with Crippen LogP contribution < -0.4 is 0 Å². The van der Waals surface area contributed by atoms with Gasteiger partial charge in [-0.1, -0.05) is 25.7 Å². The highest BCUT2D eigenvalue weighted by atomic mass is 16.3. The number of furan rings is 1. The van der Waals surface area contributed by atoms with E-state index in [2.05, 4.69) is 19.6 Å². The molecule has 1 heteroatoms. The van der Waals surface area contributed by atoms with E-state index in [0.717, 1.165) is 17.9 Å². The number of rotatable bonds is 3. The fourth-order valence-electron chi connectivity index (χ4n) is 1.14. The van der Waals surface area contributed by atoms with E-state index < -0.39 is 0 Å². The van der Waals surface area contributed by atoms with Crippen LogP contribution in [0, 0.1) is 6.92 Å². The molecule has 64 valence electrons. The largest absolute Gasteiger partial charge is 0.462 e. The van der Waals surface area contributed by atoms with Gasteiger partial charge in [0, 0.05) is 0 Å². The molecule has 0 unspecified atom stereocenters. The first-order valence-electron chi connectivity index (χ1n) is 4.16. The van der Waals surface area contributed by atoms with Gasteiger partial charge in [0.25, 0.3) is 0 Å². The Hall–Kier alpha value is -1.24. The summed E-state index contributed by atoms with van der Waals surface area (Å²) >= 11 is 0. The van der Waals surface area contributed by atoms with Crippen LogP contribution in [0.5, 0.6) is 0 Å². The quantitative estimate of drug-likeness (QED) is 0.621. The van der Waals surface area contributed by atoms with Crippen molar-refractivity contribution < 1.29 is 4.42 Å². The lowest BCUT2D eigenvalue weighted by Crippen LogP contribution is -1.75. The molecule has 0 radical (unpaired) electrons. The molecule has 0 spiro atoms. The van der Waals surface area contributed by atoms with Crippen molar-refractivity contribution in [2.24, 2.45) is 0 Å². The zero-order valence-corrected chi connectivity index (χ0v) is 7.63. The van der Waals surface area contributed by atoms with Crippen molar-refractivity contribution >= 4 is 6.08 Å². The Morgan fingerprint density at radius 3 is 2.83 bits per heavy atom. The molecule has 0 fully saturated rings. The molecule has 0 saturated heterocycles. The molecule has 0 aliphatic rings. The molecule has 0 aliphatic carbocycles. The predicted octanol–water partition coefficient (Wildman–Crippen LogP) is 3.35. The van der Waals surface area contributed by atoms with Gasteiger partial charge >= 0.3 is 0 Å². The minimum Gasteiger partial charge on any atom is -0.462 e. The van der Waals surface area contributed by atoms with E-state index in [0.29, 0.717) is 0 Å². The predicted molar refractivity (Wildman–Crippen MR) is 52.1 cm³/mol. The Labute approximate surface area is 73.4 Å². The second-order valence-electron chi connectivity index (χ2n) is 2.68. The molecule has 0 amide bonds. The molecule has 1 heterocycles. The zero-order chi connectivity index (χ0) is 8.97. The summed E-state index contributed by atoms with van der Waals surface area (Å²) < 4.78 is 5.47. The first-order chi connectivity index (χ1) is 5.77. The fraction of sp³-hybridized carbons (Fsp3) is 0.273. The second-order valence-corrected chi connectivity index (χ2v) is 2.68. The summed E-state index contributed by atoms with van der Waals surface area (Å²) in [4.78, 5) is 0. The molecule has 0 aromatic carbocycles. The van der Waals surface area contributed by atoms with Crippen LogP contribution >= 0.6 is 0 Å². The van der Waals surface area contributed by atoms with Crippen molar-refractivity contribution in [2.75, 3.05) is 0 Å². The average Bonchev–Trinajstić information content (AvgIpc) is 2.43. The summed E-state index contributed by atoms with van der Waals surface area (Å²) in [5.41, 5.74) is 1.28. The number of allylic oxidation sites excluding steroid dienone is 2. The number of aryl methyl sites for hydroxylation is 2. The molecule has 1 rings (SSSR count). The van der Waals surface area contributed by atoms with Crippen molar-refractivity contribution in [2.45, 2.75) is 20.3 Å². The Kier molecular flexibility index (Phi) is 2.92. The van der Waals surface area contributed by atoms with Crippen molar-refractivity contribution in [1.29, 1.82) is 0 Å². The maximum atomic E-state index is 5.47. The van der Waals surface area contributed by atoms with Gasteiger partial charge in [-0.25, -0.2) is 0 Å². The summed E-state index contributed by atoms with van der Waals surface area (Å²) in [6.45, 7) is 7.71. The third kappa shape index (κ3) is 1.88. The van der Waals surface area contributed by atoms with Crippen LogP contribution in [0.2, 0.25) is 0 Å². The van der Waals surface area contributed by atoms with E-state index in [1.54, 1.807) is 6.08 Å². The third-order valence-electron chi connectivity index (χ3n) is 1.82. The molecular weight excluding hydrogens is 148 g/mol. The van der Waals surface area contributed by atoms with Crippen LogP contribution in [-0.2, 0) is 6.42 Å². The molecule has 0 atom stereocenters. The van der Waals surface area contributed by atoms with Crippen LogP contribution in [0.25, 0.3) is 6.08 Å². The van der Waals surface area contributed by atoms with E-state index in [4.69, 9.17) is 4.42 Å². The summed E-state index contributed by atoms with van der Waals surface area (Å²) in [5.74, 6) is 1.92. The first-order valence-corrected chi connectivity index (χ1v) is 4.16. The Morgan fingerprint density at radius 2 is 2.33 bits per heavy atom. The normalized spacial score (nSPS) is 10.8. The molecule has 12 heavy (non-hydrogen) atoms. The molecule has 0 N–H and O–H groups in total. The maximum Gasteiger partial charge on any atom is 0.127 e. The van der Waals surface area contributed by atoms with Gasteiger partial charge in [-0.3, -0.25) is 0 Å². The topological polar surface area (TPSA) is 13.1 Å². The molecule has 0 saturated carbocycles. The smallest absolute Gasteiger partial charge is 0.127 e. The third-order valence-corrected chi connectivity index (χ3v) is 1.82. The standard InChI is InChI=1S/C11H14O/c1-4-6-7-11-8-10(5-2)9(3)12-11/h4,6-8H,1,5H2,2-3H3/b7-6-. The van der Waals surface area contributed by atoms with Crippen LogP contribution in [-0.4, -0.2) is 0 Å².